The Labute approximate surface area is 224 Å². The van der Waals surface area contributed by atoms with Crippen molar-refractivity contribution < 1.29 is 9.59 Å². The summed E-state index contributed by atoms with van der Waals surface area (Å²) < 4.78 is 1.54. The van der Waals surface area contributed by atoms with Crippen molar-refractivity contribution in [3.63, 3.8) is 0 Å². The number of H-pyrrole nitrogens is 1. The summed E-state index contributed by atoms with van der Waals surface area (Å²) in [6.07, 6.45) is 10.3. The standard InChI is InChI=1S/C28H27N9O2/c1-15(38)23-24(18-10-20-8-9-21(11-18)36(20)28(39)26-31-14-32-35-26)34-27-22(13-33-37(27)25(23)29)17-5-7-19(30-12-17)6-4-16-2-3-16/h5,7,12-14,16,18,20-21H,2-3,8-11,29H2,1H3,(H,31,32,35)/t18?,20-,21+. The van der Waals surface area contributed by atoms with E-state index in [0.717, 1.165) is 29.7 Å². The molecule has 0 aromatic carbocycles. The van der Waals surface area contributed by atoms with Crippen molar-refractivity contribution in [1.82, 2.24) is 39.7 Å². The Kier molecular flexibility index (Phi) is 5.43. The number of rotatable bonds is 4. The first kappa shape index (κ1) is 23.5. The van der Waals surface area contributed by atoms with Crippen molar-refractivity contribution in [2.24, 2.45) is 5.92 Å². The second-order valence-corrected chi connectivity index (χ2v) is 10.7. The maximum Gasteiger partial charge on any atom is 0.291 e. The number of nitrogens with two attached hydrogens (primary N) is 1. The number of nitrogens with one attached hydrogen (secondary N) is 1. The second-order valence-electron chi connectivity index (χ2n) is 10.7. The fourth-order valence-corrected chi connectivity index (χ4v) is 6.09. The Morgan fingerprint density at radius 3 is 2.51 bits per heavy atom. The van der Waals surface area contributed by atoms with Crippen LogP contribution in [-0.2, 0) is 0 Å². The van der Waals surface area contributed by atoms with Crippen LogP contribution >= 0.6 is 0 Å². The number of pyridine rings is 1. The number of hydrogen-bond acceptors (Lipinski definition) is 8. The van der Waals surface area contributed by atoms with Crippen LogP contribution in [0, 0.1) is 17.8 Å². The number of ketones is 1. The van der Waals surface area contributed by atoms with E-state index in [-0.39, 0.29) is 41.3 Å². The minimum atomic E-state index is -0.151. The van der Waals surface area contributed by atoms with Crippen molar-refractivity contribution in [3.8, 4) is 23.0 Å². The van der Waals surface area contributed by atoms with Gasteiger partial charge in [0.05, 0.1) is 17.5 Å². The van der Waals surface area contributed by atoms with Crippen LogP contribution in [0.4, 0.5) is 5.82 Å². The van der Waals surface area contributed by atoms with E-state index in [1.165, 1.54) is 30.6 Å². The Morgan fingerprint density at radius 1 is 1.08 bits per heavy atom. The van der Waals surface area contributed by atoms with Gasteiger partial charge >= 0.3 is 0 Å². The van der Waals surface area contributed by atoms with Crippen LogP contribution in [0.25, 0.3) is 16.8 Å². The highest BCUT2D eigenvalue weighted by atomic mass is 16.2. The summed E-state index contributed by atoms with van der Waals surface area (Å²) in [7, 11) is 0. The maximum atomic E-state index is 13.1. The van der Waals surface area contributed by atoms with E-state index >= 15 is 0 Å². The first-order valence-electron chi connectivity index (χ1n) is 13.3. The highest BCUT2D eigenvalue weighted by Crippen LogP contribution is 2.45. The molecule has 4 aromatic heterocycles. The van der Waals surface area contributed by atoms with Gasteiger partial charge in [-0.15, -0.1) is 0 Å². The van der Waals surface area contributed by atoms with Crippen molar-refractivity contribution in [2.75, 3.05) is 5.73 Å². The Morgan fingerprint density at radius 2 is 1.87 bits per heavy atom. The van der Waals surface area contributed by atoms with Crippen LogP contribution in [0.3, 0.4) is 0 Å². The summed E-state index contributed by atoms with van der Waals surface area (Å²) in [6.45, 7) is 1.51. The van der Waals surface area contributed by atoms with Gasteiger partial charge in [-0.05, 0) is 63.5 Å². The van der Waals surface area contributed by atoms with Crippen LogP contribution < -0.4 is 5.73 Å². The topological polar surface area (TPSA) is 148 Å². The molecule has 3 N–H and O–H groups in total. The summed E-state index contributed by atoms with van der Waals surface area (Å²) in [5.41, 5.74) is 10.6. The number of carbonyl (C=O) groups is 2. The molecule has 11 nitrogen and oxygen atoms in total. The fraction of sp³-hybridized carbons (Fsp3) is 0.393. The third-order valence-corrected chi connectivity index (χ3v) is 8.09. The molecule has 0 spiro atoms. The molecule has 1 aliphatic carbocycles. The Balaban J connectivity index is 1.24. The predicted molar refractivity (Wildman–Crippen MR) is 142 cm³/mol. The van der Waals surface area contributed by atoms with E-state index in [2.05, 4.69) is 37.1 Å². The lowest BCUT2D eigenvalue weighted by Gasteiger charge is -2.38. The number of Topliss-reactive ketones (excluding diaryl/α,β-unsaturated/α-hetero) is 1. The molecule has 0 radical (unpaired) electrons. The molecule has 196 valence electrons. The van der Waals surface area contributed by atoms with Gasteiger partial charge in [0.25, 0.3) is 5.91 Å². The third-order valence-electron chi connectivity index (χ3n) is 8.09. The van der Waals surface area contributed by atoms with Crippen molar-refractivity contribution in [3.05, 3.63) is 53.6 Å². The first-order chi connectivity index (χ1) is 19.0. The van der Waals surface area contributed by atoms with Gasteiger partial charge in [-0.1, -0.05) is 5.92 Å². The predicted octanol–water partition coefficient (Wildman–Crippen LogP) is 3.01. The number of nitrogen functional groups attached to an aromatic ring is 1. The largest absolute Gasteiger partial charge is 0.383 e. The highest BCUT2D eigenvalue weighted by Gasteiger charge is 2.45. The normalized spacial score (nSPS) is 22.1. The number of anilines is 1. The SMILES string of the molecule is CC(=O)c1c(C2C[C@H]3CC[C@@H](C2)N3C(=O)c2ncn[nH]2)nc2c(-c3ccc(C#CC4CC4)nc3)cnn2c1N. The lowest BCUT2D eigenvalue weighted by Crippen LogP contribution is -2.46. The molecule has 7 rings (SSSR count). The average molecular weight is 522 g/mol. The minimum Gasteiger partial charge on any atom is -0.383 e. The van der Waals surface area contributed by atoms with Gasteiger partial charge in [0, 0.05) is 41.2 Å². The van der Waals surface area contributed by atoms with E-state index in [0.29, 0.717) is 35.7 Å². The molecule has 6 heterocycles. The quantitative estimate of drug-likeness (QED) is 0.308. The van der Waals surface area contributed by atoms with E-state index in [4.69, 9.17) is 10.7 Å². The van der Waals surface area contributed by atoms with Crippen LogP contribution in [0.1, 0.15) is 83.7 Å². The van der Waals surface area contributed by atoms with Crippen LogP contribution in [0.2, 0.25) is 0 Å². The number of aromatic amines is 1. The number of nitrogens with zero attached hydrogens (tertiary/aromatic N) is 7. The molecule has 2 saturated heterocycles. The molecule has 2 bridgehead atoms. The Bertz CT molecular complexity index is 1650. The lowest BCUT2D eigenvalue weighted by molar-refractivity contribution is 0.0556. The number of amides is 1. The van der Waals surface area contributed by atoms with Crippen LogP contribution in [0.15, 0.2) is 30.9 Å². The molecule has 3 atom stereocenters. The summed E-state index contributed by atoms with van der Waals surface area (Å²) >= 11 is 0. The lowest BCUT2D eigenvalue weighted by atomic mass is 9.85. The summed E-state index contributed by atoms with van der Waals surface area (Å²) in [5, 5.41) is 11.0. The van der Waals surface area contributed by atoms with Gasteiger partial charge in [0.2, 0.25) is 5.82 Å². The van der Waals surface area contributed by atoms with E-state index in [1.807, 2.05) is 17.0 Å². The van der Waals surface area contributed by atoms with Crippen LogP contribution in [-0.4, -0.2) is 63.4 Å². The second kappa shape index (κ2) is 9.01. The number of hydrogen-bond donors (Lipinski definition) is 2. The van der Waals surface area contributed by atoms with Crippen molar-refractivity contribution in [2.45, 2.75) is 63.5 Å². The highest BCUT2D eigenvalue weighted by molar-refractivity contribution is 6.00. The molecule has 11 heteroatoms. The van der Waals surface area contributed by atoms with E-state index in [9.17, 15) is 9.59 Å². The Hall–Kier alpha value is -4.59. The molecule has 3 aliphatic rings. The summed E-state index contributed by atoms with van der Waals surface area (Å²) in [4.78, 5) is 41.5. The van der Waals surface area contributed by atoms with Gasteiger partial charge < -0.3 is 10.6 Å². The number of aromatic nitrogens is 7. The smallest absolute Gasteiger partial charge is 0.291 e. The van der Waals surface area contributed by atoms with Crippen molar-refractivity contribution >= 4 is 23.2 Å². The molecule has 1 unspecified atom stereocenters. The monoisotopic (exact) mass is 521 g/mol. The summed E-state index contributed by atoms with van der Waals surface area (Å²) in [6, 6.07) is 3.93. The fourth-order valence-electron chi connectivity index (χ4n) is 6.09. The molecule has 1 amide bonds. The van der Waals surface area contributed by atoms with Crippen LogP contribution in [0.5, 0.6) is 0 Å². The molecule has 1 saturated carbocycles. The van der Waals surface area contributed by atoms with Crippen molar-refractivity contribution in [1.29, 1.82) is 0 Å². The maximum absolute atomic E-state index is 13.1. The number of carbonyl (C=O) groups excluding carboxylic acids is 2. The average Bonchev–Trinajstić information content (AvgIpc) is 3.30. The summed E-state index contributed by atoms with van der Waals surface area (Å²) in [5.74, 6) is 7.10. The molecular weight excluding hydrogens is 494 g/mol. The van der Waals surface area contributed by atoms with E-state index in [1.54, 1.807) is 12.4 Å². The van der Waals surface area contributed by atoms with Gasteiger partial charge in [0.1, 0.15) is 17.8 Å². The molecular formula is C28H27N9O2. The van der Waals surface area contributed by atoms with Gasteiger partial charge in [-0.25, -0.2) is 15.0 Å². The molecule has 2 aliphatic heterocycles. The number of piperidine rings is 1. The van der Waals surface area contributed by atoms with Gasteiger partial charge in [-0.2, -0.15) is 14.7 Å². The molecule has 4 aromatic rings. The minimum absolute atomic E-state index is 0.0200. The van der Waals surface area contributed by atoms with Gasteiger partial charge in [-0.3, -0.25) is 14.7 Å². The molecule has 3 fully saturated rings. The third kappa shape index (κ3) is 4.03. The van der Waals surface area contributed by atoms with E-state index < -0.39 is 0 Å². The number of fused-ring (bicyclic) bond motifs is 3. The zero-order valence-electron chi connectivity index (χ0n) is 21.5. The zero-order valence-corrected chi connectivity index (χ0v) is 21.5. The zero-order chi connectivity index (χ0) is 26.7. The molecule has 39 heavy (non-hydrogen) atoms. The van der Waals surface area contributed by atoms with Gasteiger partial charge in [0.15, 0.2) is 11.4 Å². The first-order valence-corrected chi connectivity index (χ1v) is 13.3.